The van der Waals surface area contributed by atoms with Crippen LogP contribution in [0.25, 0.3) is 0 Å². The predicted molar refractivity (Wildman–Crippen MR) is 76.1 cm³/mol. The molecule has 1 aliphatic carbocycles. The van der Waals surface area contributed by atoms with Gasteiger partial charge in [-0.15, -0.1) is 0 Å². The van der Waals surface area contributed by atoms with Gasteiger partial charge >= 0.3 is 0 Å². The first-order valence-electron chi connectivity index (χ1n) is 7.04. The summed E-state index contributed by atoms with van der Waals surface area (Å²) < 4.78 is 41.0. The summed E-state index contributed by atoms with van der Waals surface area (Å²) >= 11 is 0. The summed E-state index contributed by atoms with van der Waals surface area (Å²) in [5.41, 5.74) is 5.99. The van der Waals surface area contributed by atoms with Crippen molar-refractivity contribution >= 4 is 10.0 Å². The van der Waals surface area contributed by atoms with Gasteiger partial charge in [0.15, 0.2) is 0 Å². The van der Waals surface area contributed by atoms with E-state index in [2.05, 4.69) is 4.72 Å². The minimum absolute atomic E-state index is 0.0870. The molecule has 0 unspecified atom stereocenters. The molecule has 0 amide bonds. The Bertz CT molecular complexity index is 552. The zero-order valence-electron chi connectivity index (χ0n) is 11.4. The fraction of sp³-hybridized carbons (Fsp3) is 0.571. The molecule has 0 bridgehead atoms. The molecule has 0 saturated heterocycles. The van der Waals surface area contributed by atoms with Crippen LogP contribution in [0, 0.1) is 5.82 Å². The van der Waals surface area contributed by atoms with Gasteiger partial charge in [-0.1, -0.05) is 31.7 Å². The number of nitrogens with two attached hydrogens (primary N) is 1. The van der Waals surface area contributed by atoms with Crippen LogP contribution in [-0.4, -0.2) is 14.5 Å². The zero-order chi connectivity index (χ0) is 14.6. The van der Waals surface area contributed by atoms with Crippen LogP contribution < -0.4 is 10.5 Å². The maximum atomic E-state index is 13.9. The number of halogens is 1. The summed E-state index contributed by atoms with van der Waals surface area (Å²) in [6.45, 7) is 0.188. The summed E-state index contributed by atoms with van der Waals surface area (Å²) in [4.78, 5) is -0.293. The molecule has 3 N–H and O–H groups in total. The first kappa shape index (κ1) is 15.4. The van der Waals surface area contributed by atoms with E-state index in [0.29, 0.717) is 5.56 Å². The third kappa shape index (κ3) is 3.77. The molecule has 0 heterocycles. The lowest BCUT2D eigenvalue weighted by Crippen LogP contribution is -2.34. The number of hydrogen-bond acceptors (Lipinski definition) is 3. The van der Waals surface area contributed by atoms with Crippen molar-refractivity contribution in [3.05, 3.63) is 29.6 Å². The minimum Gasteiger partial charge on any atom is -0.326 e. The number of nitrogens with one attached hydrogen (secondary N) is 1. The maximum Gasteiger partial charge on any atom is 0.243 e. The van der Waals surface area contributed by atoms with Gasteiger partial charge in [0.05, 0.1) is 0 Å². The fourth-order valence-electron chi connectivity index (χ4n) is 2.57. The molecule has 1 aromatic rings. The Hall–Kier alpha value is -0.980. The Morgan fingerprint density at radius 2 is 1.85 bits per heavy atom. The highest BCUT2D eigenvalue weighted by Gasteiger charge is 2.23. The Morgan fingerprint density at radius 3 is 2.40 bits per heavy atom. The summed E-state index contributed by atoms with van der Waals surface area (Å²) in [6, 6.07) is 3.93. The van der Waals surface area contributed by atoms with E-state index in [1.54, 1.807) is 6.07 Å². The van der Waals surface area contributed by atoms with Crippen molar-refractivity contribution in [2.45, 2.75) is 56.0 Å². The Morgan fingerprint density at radius 1 is 1.20 bits per heavy atom. The van der Waals surface area contributed by atoms with E-state index < -0.39 is 15.8 Å². The van der Waals surface area contributed by atoms with E-state index in [-0.39, 0.29) is 17.5 Å². The Labute approximate surface area is 119 Å². The third-order valence-electron chi connectivity index (χ3n) is 3.70. The molecular formula is C14H21FN2O2S. The van der Waals surface area contributed by atoms with Crippen LogP contribution in [0.1, 0.15) is 44.1 Å². The molecule has 1 aromatic carbocycles. The first-order chi connectivity index (χ1) is 9.53. The lowest BCUT2D eigenvalue weighted by atomic mass is 10.1. The van der Waals surface area contributed by atoms with Gasteiger partial charge in [0.1, 0.15) is 10.7 Å². The standard InChI is InChI=1S/C14H21FN2O2S/c15-13-9-11(10-16)7-8-14(13)20(18,19)17-12-5-3-1-2-4-6-12/h7-9,12,17H,1-6,10,16H2. The summed E-state index contributed by atoms with van der Waals surface area (Å²) in [5, 5.41) is 0. The van der Waals surface area contributed by atoms with Crippen molar-refractivity contribution in [1.29, 1.82) is 0 Å². The Balaban J connectivity index is 2.17. The minimum atomic E-state index is -3.80. The molecule has 0 atom stereocenters. The van der Waals surface area contributed by atoms with E-state index in [4.69, 9.17) is 5.73 Å². The molecule has 0 aliphatic heterocycles. The van der Waals surface area contributed by atoms with E-state index in [9.17, 15) is 12.8 Å². The second kappa shape index (κ2) is 6.65. The van der Waals surface area contributed by atoms with Gasteiger partial charge in [0, 0.05) is 12.6 Å². The number of hydrogen-bond donors (Lipinski definition) is 2. The van der Waals surface area contributed by atoms with Crippen molar-refractivity contribution in [2.75, 3.05) is 0 Å². The fourth-order valence-corrected chi connectivity index (χ4v) is 3.93. The first-order valence-corrected chi connectivity index (χ1v) is 8.52. The van der Waals surface area contributed by atoms with Gasteiger partial charge in [-0.2, -0.15) is 0 Å². The molecule has 6 heteroatoms. The van der Waals surface area contributed by atoms with E-state index >= 15 is 0 Å². The van der Waals surface area contributed by atoms with Crippen LogP contribution in [0.15, 0.2) is 23.1 Å². The van der Waals surface area contributed by atoms with E-state index in [1.807, 2.05) is 0 Å². The summed E-state index contributed by atoms with van der Waals surface area (Å²) in [7, 11) is -3.80. The summed E-state index contributed by atoms with van der Waals surface area (Å²) in [6.07, 6.45) is 5.95. The second-order valence-electron chi connectivity index (χ2n) is 5.28. The average Bonchev–Trinajstić information content (AvgIpc) is 2.66. The smallest absolute Gasteiger partial charge is 0.243 e. The predicted octanol–water partition coefficient (Wildman–Crippen LogP) is 2.29. The normalized spacial score (nSPS) is 17.9. The molecule has 0 radical (unpaired) electrons. The van der Waals surface area contributed by atoms with Crippen molar-refractivity contribution in [2.24, 2.45) is 5.73 Å². The van der Waals surface area contributed by atoms with Crippen LogP contribution in [-0.2, 0) is 16.6 Å². The molecule has 4 nitrogen and oxygen atoms in total. The maximum absolute atomic E-state index is 13.9. The average molecular weight is 300 g/mol. The van der Waals surface area contributed by atoms with Gasteiger partial charge in [0.25, 0.3) is 0 Å². The molecule has 0 spiro atoms. The van der Waals surface area contributed by atoms with Crippen LogP contribution in [0.2, 0.25) is 0 Å². The highest BCUT2D eigenvalue weighted by Crippen LogP contribution is 2.21. The topological polar surface area (TPSA) is 72.2 Å². The molecule has 0 aromatic heterocycles. The molecule has 1 saturated carbocycles. The van der Waals surface area contributed by atoms with E-state index in [0.717, 1.165) is 38.5 Å². The molecule has 2 rings (SSSR count). The molecular weight excluding hydrogens is 279 g/mol. The largest absolute Gasteiger partial charge is 0.326 e. The van der Waals surface area contributed by atoms with Gasteiger partial charge in [-0.25, -0.2) is 17.5 Å². The SMILES string of the molecule is NCc1ccc(S(=O)(=O)NC2CCCCCC2)c(F)c1. The zero-order valence-corrected chi connectivity index (χ0v) is 12.3. The van der Waals surface area contributed by atoms with Gasteiger partial charge in [-0.3, -0.25) is 0 Å². The lowest BCUT2D eigenvalue weighted by Gasteiger charge is -2.16. The quantitative estimate of drug-likeness (QED) is 0.838. The van der Waals surface area contributed by atoms with Crippen LogP contribution in [0.3, 0.4) is 0 Å². The van der Waals surface area contributed by atoms with Gasteiger partial charge < -0.3 is 5.73 Å². The second-order valence-corrected chi connectivity index (χ2v) is 6.96. The van der Waals surface area contributed by atoms with Gasteiger partial charge in [-0.05, 0) is 30.5 Å². The Kier molecular flexibility index (Phi) is 5.12. The molecule has 112 valence electrons. The van der Waals surface area contributed by atoms with E-state index in [1.165, 1.54) is 12.1 Å². The summed E-state index contributed by atoms with van der Waals surface area (Å²) in [5.74, 6) is -0.742. The number of rotatable bonds is 4. The van der Waals surface area contributed by atoms with Crippen LogP contribution in [0.4, 0.5) is 4.39 Å². The highest BCUT2D eigenvalue weighted by atomic mass is 32.2. The molecule has 1 aliphatic rings. The van der Waals surface area contributed by atoms with Crippen LogP contribution in [0.5, 0.6) is 0 Å². The van der Waals surface area contributed by atoms with Crippen molar-refractivity contribution in [1.82, 2.24) is 4.72 Å². The van der Waals surface area contributed by atoms with Gasteiger partial charge in [0.2, 0.25) is 10.0 Å². The molecule has 20 heavy (non-hydrogen) atoms. The number of sulfonamides is 1. The lowest BCUT2D eigenvalue weighted by molar-refractivity contribution is 0.503. The van der Waals surface area contributed by atoms with Crippen molar-refractivity contribution in [3.8, 4) is 0 Å². The monoisotopic (exact) mass is 300 g/mol. The third-order valence-corrected chi connectivity index (χ3v) is 5.25. The number of benzene rings is 1. The van der Waals surface area contributed by atoms with Crippen molar-refractivity contribution in [3.63, 3.8) is 0 Å². The molecule has 1 fully saturated rings. The van der Waals surface area contributed by atoms with Crippen molar-refractivity contribution < 1.29 is 12.8 Å². The highest BCUT2D eigenvalue weighted by molar-refractivity contribution is 7.89. The van der Waals surface area contributed by atoms with Crippen LogP contribution >= 0.6 is 0 Å².